The van der Waals surface area contributed by atoms with Gasteiger partial charge in [0.15, 0.2) is 11.4 Å². The predicted octanol–water partition coefficient (Wildman–Crippen LogP) is 1.04. The number of hydrogen-bond acceptors (Lipinski definition) is 6. The van der Waals surface area contributed by atoms with Gasteiger partial charge in [-0.1, -0.05) is 12.1 Å². The molecule has 9 nitrogen and oxygen atoms in total. The summed E-state index contributed by atoms with van der Waals surface area (Å²) in [6.07, 6.45) is 1.31. The van der Waals surface area contributed by atoms with E-state index in [9.17, 15) is 18.3 Å². The Kier molecular flexibility index (Phi) is 5.48. The van der Waals surface area contributed by atoms with Crippen LogP contribution in [0.4, 0.5) is 5.69 Å². The highest BCUT2D eigenvalue weighted by molar-refractivity contribution is 7.89. The molecule has 0 spiro atoms. The molecule has 1 aliphatic heterocycles. The number of aryl methyl sites for hydroxylation is 2. The van der Waals surface area contributed by atoms with Gasteiger partial charge in [-0.25, -0.2) is 13.1 Å². The van der Waals surface area contributed by atoms with Crippen LogP contribution in [-0.2, 0) is 17.1 Å². The van der Waals surface area contributed by atoms with E-state index >= 15 is 0 Å². The second kappa shape index (κ2) is 7.71. The maximum absolute atomic E-state index is 12.9. The average Bonchev–Trinajstić information content (AvgIpc) is 2.96. The Morgan fingerprint density at radius 2 is 2.28 bits per heavy atom. The number of rotatable bonds is 4. The molecule has 2 atom stereocenters. The summed E-state index contributed by atoms with van der Waals surface area (Å²) in [5.74, 6) is -0.705. The van der Waals surface area contributed by atoms with Gasteiger partial charge in [0.25, 0.3) is 5.91 Å². The number of carbonyl (C=O) groups excluding carboxylic acids is 1. The van der Waals surface area contributed by atoms with Crippen LogP contribution in [0.1, 0.15) is 21.6 Å². The number of nitriles is 1. The van der Waals surface area contributed by atoms with Crippen LogP contribution in [-0.4, -0.2) is 42.8 Å². The monoisotopic (exact) mass is 416 g/mol. The molecule has 2 aromatic rings. The van der Waals surface area contributed by atoms with Gasteiger partial charge in [0.1, 0.15) is 11.5 Å². The summed E-state index contributed by atoms with van der Waals surface area (Å²) in [5.41, 5.74) is 1.57. The number of amides is 1. The lowest BCUT2D eigenvalue weighted by molar-refractivity contribution is 0.101. The molecule has 0 unspecified atom stereocenters. The van der Waals surface area contributed by atoms with Crippen LogP contribution < -0.4 is 14.8 Å². The lowest BCUT2D eigenvalue weighted by Gasteiger charge is -2.18. The van der Waals surface area contributed by atoms with E-state index in [1.807, 2.05) is 6.07 Å². The third-order valence-electron chi connectivity index (χ3n) is 4.59. The Hall–Kier alpha value is -3.13. The Balaban J connectivity index is 1.97. The van der Waals surface area contributed by atoms with E-state index in [4.69, 9.17) is 10.00 Å². The molecule has 1 amide bonds. The molecule has 0 fully saturated rings. The highest BCUT2D eigenvalue weighted by Crippen LogP contribution is 2.33. The van der Waals surface area contributed by atoms with Gasteiger partial charge in [0, 0.05) is 18.9 Å². The molecule has 152 valence electrons. The third-order valence-corrected chi connectivity index (χ3v) is 6.07. The van der Waals surface area contributed by atoms with Gasteiger partial charge in [-0.05, 0) is 24.6 Å². The van der Waals surface area contributed by atoms with Crippen LogP contribution in [0.5, 0.6) is 5.75 Å². The highest BCUT2D eigenvalue weighted by atomic mass is 32.2. The van der Waals surface area contributed by atoms with E-state index in [2.05, 4.69) is 16.6 Å². The topological polar surface area (TPSA) is 133 Å². The van der Waals surface area contributed by atoms with E-state index < -0.39 is 28.1 Å². The maximum Gasteiger partial charge on any atom is 0.276 e. The average molecular weight is 416 g/mol. The first-order valence-electron chi connectivity index (χ1n) is 8.65. The minimum Gasteiger partial charge on any atom is -0.488 e. The van der Waals surface area contributed by atoms with Gasteiger partial charge in [-0.3, -0.25) is 4.79 Å². The lowest BCUT2D eigenvalue weighted by atomic mass is 10.1. The summed E-state index contributed by atoms with van der Waals surface area (Å²) in [5, 5.41) is 21.7. The van der Waals surface area contributed by atoms with Crippen molar-refractivity contribution in [1.29, 1.82) is 5.26 Å². The van der Waals surface area contributed by atoms with Crippen LogP contribution >= 0.6 is 0 Å². The molecular weight excluding hydrogens is 396 g/mol. The number of sulfonamides is 1. The first-order valence-corrected chi connectivity index (χ1v) is 10.1. The van der Waals surface area contributed by atoms with Crippen molar-refractivity contribution in [3.8, 4) is 11.8 Å². The van der Waals surface area contributed by atoms with E-state index in [0.29, 0.717) is 11.3 Å². The van der Waals surface area contributed by atoms with Crippen molar-refractivity contribution >= 4 is 21.6 Å². The predicted molar refractivity (Wildman–Crippen MR) is 105 cm³/mol. The minimum atomic E-state index is -4.03. The zero-order chi connectivity index (χ0) is 21.3. The summed E-state index contributed by atoms with van der Waals surface area (Å²) >= 11 is 0. The first kappa shape index (κ1) is 20.6. The molecule has 10 heteroatoms. The SMILES string of the molecule is C=C[C@@H](O)[C@H]1COc2c(cn(C)c2C(=O)Nc2ccc(C)c(C#N)c2)S(=O)(=O)N1. The smallest absolute Gasteiger partial charge is 0.276 e. The van der Waals surface area contributed by atoms with Crippen LogP contribution in [0.3, 0.4) is 0 Å². The fourth-order valence-electron chi connectivity index (χ4n) is 2.98. The number of carbonyl (C=O) groups is 1. The van der Waals surface area contributed by atoms with Crippen LogP contribution in [0.2, 0.25) is 0 Å². The molecule has 3 N–H and O–H groups in total. The van der Waals surface area contributed by atoms with Crippen molar-refractivity contribution in [2.45, 2.75) is 24.0 Å². The van der Waals surface area contributed by atoms with Gasteiger partial charge in [-0.15, -0.1) is 6.58 Å². The van der Waals surface area contributed by atoms with Crippen LogP contribution in [0.15, 0.2) is 41.9 Å². The Morgan fingerprint density at radius 1 is 1.55 bits per heavy atom. The number of aromatic nitrogens is 1. The summed E-state index contributed by atoms with van der Waals surface area (Å²) in [6, 6.07) is 5.98. The zero-order valence-corrected chi connectivity index (χ0v) is 16.7. The first-order chi connectivity index (χ1) is 13.7. The number of ether oxygens (including phenoxy) is 1. The molecule has 3 rings (SSSR count). The molecule has 0 radical (unpaired) electrons. The van der Waals surface area contributed by atoms with E-state index in [1.165, 1.54) is 30.0 Å². The number of hydrogen-bond donors (Lipinski definition) is 3. The normalized spacial score (nSPS) is 18.5. The van der Waals surface area contributed by atoms with Gasteiger partial charge < -0.3 is 19.7 Å². The van der Waals surface area contributed by atoms with Crippen molar-refractivity contribution in [2.24, 2.45) is 7.05 Å². The number of anilines is 1. The second-order valence-electron chi connectivity index (χ2n) is 6.64. The Morgan fingerprint density at radius 3 is 2.93 bits per heavy atom. The molecule has 0 saturated heterocycles. The van der Waals surface area contributed by atoms with E-state index in [-0.39, 0.29) is 22.9 Å². The minimum absolute atomic E-state index is 0.00167. The molecular formula is C19H20N4O5S. The standard InChI is InChI=1S/C19H20N4O5S/c1-4-15(24)14-10-28-18-16(29(26,27)22-14)9-23(3)17(18)19(25)21-13-6-5-11(2)12(7-13)8-20/h4-7,9,14-15,22,24H,1,10H2,2-3H3,(H,21,25)/t14-,15-/m1/s1. The van der Waals surface area contributed by atoms with Crippen molar-refractivity contribution in [1.82, 2.24) is 9.29 Å². The summed E-state index contributed by atoms with van der Waals surface area (Å²) in [4.78, 5) is 12.7. The number of aliphatic hydroxyl groups is 1. The molecule has 0 bridgehead atoms. The van der Waals surface area contributed by atoms with Gasteiger partial charge in [0.05, 0.1) is 23.8 Å². The fourth-order valence-corrected chi connectivity index (χ4v) is 4.41. The Labute approximate surface area is 168 Å². The molecule has 1 aliphatic rings. The quantitative estimate of drug-likeness (QED) is 0.638. The lowest BCUT2D eigenvalue weighted by Crippen LogP contribution is -2.44. The fraction of sp³-hybridized carbons (Fsp3) is 0.263. The molecule has 2 heterocycles. The summed E-state index contributed by atoms with van der Waals surface area (Å²) in [7, 11) is -2.51. The third kappa shape index (κ3) is 3.88. The van der Waals surface area contributed by atoms with Crippen molar-refractivity contribution in [3.05, 3.63) is 53.9 Å². The van der Waals surface area contributed by atoms with Gasteiger partial charge in [-0.2, -0.15) is 5.26 Å². The molecule has 0 saturated carbocycles. The molecule has 0 aliphatic carbocycles. The van der Waals surface area contributed by atoms with Crippen LogP contribution in [0.25, 0.3) is 0 Å². The molecule has 1 aromatic carbocycles. The largest absolute Gasteiger partial charge is 0.488 e. The Bertz CT molecular complexity index is 1130. The molecule has 1 aromatic heterocycles. The number of fused-ring (bicyclic) bond motifs is 1. The van der Waals surface area contributed by atoms with Crippen molar-refractivity contribution in [3.63, 3.8) is 0 Å². The van der Waals surface area contributed by atoms with Crippen molar-refractivity contribution < 1.29 is 23.1 Å². The van der Waals surface area contributed by atoms with Crippen LogP contribution in [0, 0.1) is 18.3 Å². The number of benzene rings is 1. The number of nitrogens with one attached hydrogen (secondary N) is 2. The van der Waals surface area contributed by atoms with Gasteiger partial charge in [0.2, 0.25) is 10.0 Å². The summed E-state index contributed by atoms with van der Waals surface area (Å²) in [6.45, 7) is 5.04. The summed E-state index contributed by atoms with van der Waals surface area (Å²) < 4.78 is 34.7. The van der Waals surface area contributed by atoms with E-state index in [1.54, 1.807) is 19.1 Å². The van der Waals surface area contributed by atoms with Crippen molar-refractivity contribution in [2.75, 3.05) is 11.9 Å². The highest BCUT2D eigenvalue weighted by Gasteiger charge is 2.36. The number of aliphatic hydroxyl groups excluding tert-OH is 1. The number of nitrogens with zero attached hydrogens (tertiary/aromatic N) is 2. The molecule has 29 heavy (non-hydrogen) atoms. The van der Waals surface area contributed by atoms with Gasteiger partial charge >= 0.3 is 0 Å². The second-order valence-corrected chi connectivity index (χ2v) is 8.33. The van der Waals surface area contributed by atoms with E-state index in [0.717, 1.165) is 5.56 Å². The maximum atomic E-state index is 12.9. The zero-order valence-electron chi connectivity index (χ0n) is 15.8.